The molecule has 1 aliphatic rings. The minimum absolute atomic E-state index is 0.247. The Labute approximate surface area is 93.1 Å². The van der Waals surface area contributed by atoms with E-state index in [1.165, 1.54) is 0 Å². The lowest BCUT2D eigenvalue weighted by Gasteiger charge is -2.35. The molecule has 1 aliphatic heterocycles. The number of nitrogens with zero attached hydrogens (tertiary/aromatic N) is 2. The SMILES string of the molecule is CCN(CC)[P@@]1(=O)OC[C@H](C)N1C(C)C. The van der Waals surface area contributed by atoms with Crippen molar-refractivity contribution in [3.8, 4) is 0 Å². The summed E-state index contributed by atoms with van der Waals surface area (Å²) in [4.78, 5) is 0. The van der Waals surface area contributed by atoms with E-state index in [0.717, 1.165) is 13.1 Å². The standard InChI is InChI=1S/C10H23N2O2P/c1-6-11(7-2)15(13)12(9(3)4)10(5)8-14-15/h9-10H,6-8H2,1-5H3/t10-,15+/m0/s1. The number of hydrogen-bond acceptors (Lipinski definition) is 2. The van der Waals surface area contributed by atoms with Crippen molar-refractivity contribution in [1.82, 2.24) is 9.34 Å². The summed E-state index contributed by atoms with van der Waals surface area (Å²) in [6.45, 7) is 12.4. The Kier molecular flexibility index (Phi) is 4.36. The smallest absolute Gasteiger partial charge is 0.304 e. The summed E-state index contributed by atoms with van der Waals surface area (Å²) < 4.78 is 22.3. The number of hydrogen-bond donors (Lipinski definition) is 0. The van der Waals surface area contributed by atoms with Crippen LogP contribution in [0.2, 0.25) is 0 Å². The van der Waals surface area contributed by atoms with E-state index in [2.05, 4.69) is 20.8 Å². The summed E-state index contributed by atoms with van der Waals surface area (Å²) in [5, 5.41) is 0. The largest absolute Gasteiger partial charge is 0.346 e. The van der Waals surface area contributed by atoms with E-state index in [1.54, 1.807) is 0 Å². The molecule has 0 N–H and O–H groups in total. The topological polar surface area (TPSA) is 32.8 Å². The molecule has 2 atom stereocenters. The van der Waals surface area contributed by atoms with Gasteiger partial charge in [0.05, 0.1) is 6.61 Å². The van der Waals surface area contributed by atoms with Gasteiger partial charge in [-0.15, -0.1) is 0 Å². The number of rotatable bonds is 4. The summed E-state index contributed by atoms with van der Waals surface area (Å²) in [6.07, 6.45) is 0. The molecule has 1 rings (SSSR count). The molecular formula is C10H23N2O2P. The Balaban J connectivity index is 2.96. The molecule has 0 aromatic rings. The van der Waals surface area contributed by atoms with Gasteiger partial charge in [-0.05, 0) is 20.8 Å². The van der Waals surface area contributed by atoms with Gasteiger partial charge in [-0.2, -0.15) is 0 Å². The Morgan fingerprint density at radius 3 is 2.40 bits per heavy atom. The lowest BCUT2D eigenvalue weighted by molar-refractivity contribution is 0.281. The third-order valence-electron chi connectivity index (χ3n) is 2.84. The van der Waals surface area contributed by atoms with Gasteiger partial charge in [-0.25, -0.2) is 9.34 Å². The monoisotopic (exact) mass is 234 g/mol. The predicted molar refractivity (Wildman–Crippen MR) is 62.9 cm³/mol. The van der Waals surface area contributed by atoms with Gasteiger partial charge in [0.15, 0.2) is 0 Å². The summed E-state index contributed by atoms with van der Waals surface area (Å²) in [5.41, 5.74) is 0. The van der Waals surface area contributed by atoms with Crippen molar-refractivity contribution in [1.29, 1.82) is 0 Å². The Morgan fingerprint density at radius 1 is 1.47 bits per heavy atom. The Morgan fingerprint density at radius 2 is 2.00 bits per heavy atom. The van der Waals surface area contributed by atoms with Gasteiger partial charge >= 0.3 is 7.67 Å². The molecule has 0 spiro atoms. The highest BCUT2D eigenvalue weighted by atomic mass is 31.2. The van der Waals surface area contributed by atoms with Crippen molar-refractivity contribution >= 4 is 7.67 Å². The van der Waals surface area contributed by atoms with Gasteiger partial charge in [-0.1, -0.05) is 13.8 Å². The van der Waals surface area contributed by atoms with Gasteiger partial charge in [-0.3, -0.25) is 4.57 Å². The zero-order valence-corrected chi connectivity index (χ0v) is 11.3. The first kappa shape index (κ1) is 13.2. The lowest BCUT2D eigenvalue weighted by atomic mass is 10.3. The van der Waals surface area contributed by atoms with Gasteiger partial charge in [0.25, 0.3) is 0 Å². The fraction of sp³-hybridized carbons (Fsp3) is 1.00. The van der Waals surface area contributed by atoms with E-state index in [1.807, 2.05) is 23.2 Å². The van der Waals surface area contributed by atoms with E-state index < -0.39 is 7.67 Å². The van der Waals surface area contributed by atoms with Crippen LogP contribution in [0.15, 0.2) is 0 Å². The van der Waals surface area contributed by atoms with Gasteiger partial charge < -0.3 is 4.52 Å². The average Bonchev–Trinajstić information content (AvgIpc) is 2.45. The first-order valence-corrected chi connectivity index (χ1v) is 7.29. The molecule has 1 saturated heterocycles. The second-order valence-electron chi connectivity index (χ2n) is 4.25. The molecule has 4 nitrogen and oxygen atoms in total. The van der Waals surface area contributed by atoms with Crippen molar-refractivity contribution in [3.05, 3.63) is 0 Å². The molecule has 0 radical (unpaired) electrons. The second-order valence-corrected chi connectivity index (χ2v) is 6.51. The molecule has 0 aliphatic carbocycles. The average molecular weight is 234 g/mol. The third-order valence-corrected chi connectivity index (χ3v) is 6.05. The zero-order valence-electron chi connectivity index (χ0n) is 10.4. The molecule has 5 heteroatoms. The van der Waals surface area contributed by atoms with Crippen LogP contribution in [0.4, 0.5) is 0 Å². The highest BCUT2D eigenvalue weighted by molar-refractivity contribution is 7.54. The maximum Gasteiger partial charge on any atom is 0.346 e. The van der Waals surface area contributed by atoms with Crippen LogP contribution in [0.3, 0.4) is 0 Å². The maximum atomic E-state index is 12.8. The molecule has 0 unspecified atom stereocenters. The van der Waals surface area contributed by atoms with Crippen LogP contribution in [0.5, 0.6) is 0 Å². The quantitative estimate of drug-likeness (QED) is 0.700. The van der Waals surface area contributed by atoms with Crippen LogP contribution < -0.4 is 0 Å². The van der Waals surface area contributed by atoms with Gasteiger partial charge in [0, 0.05) is 25.2 Å². The van der Waals surface area contributed by atoms with Crippen LogP contribution in [0, 0.1) is 0 Å². The fourth-order valence-corrected chi connectivity index (χ4v) is 5.07. The molecule has 0 saturated carbocycles. The molecule has 90 valence electrons. The minimum atomic E-state index is -2.74. The fourth-order valence-electron chi connectivity index (χ4n) is 2.21. The van der Waals surface area contributed by atoms with Crippen LogP contribution in [-0.2, 0) is 9.09 Å². The Bertz CT molecular complexity index is 254. The van der Waals surface area contributed by atoms with Crippen LogP contribution >= 0.6 is 7.67 Å². The molecule has 15 heavy (non-hydrogen) atoms. The molecule has 0 aromatic heterocycles. The zero-order chi connectivity index (χ0) is 11.6. The third kappa shape index (κ3) is 2.28. The van der Waals surface area contributed by atoms with E-state index in [9.17, 15) is 4.57 Å². The van der Waals surface area contributed by atoms with Crippen LogP contribution in [0.25, 0.3) is 0 Å². The van der Waals surface area contributed by atoms with Crippen molar-refractivity contribution in [2.45, 2.75) is 46.7 Å². The first-order valence-electron chi connectivity index (χ1n) is 5.76. The highest BCUT2D eigenvalue weighted by Gasteiger charge is 2.46. The summed E-state index contributed by atoms with van der Waals surface area (Å²) in [5.74, 6) is 0. The normalized spacial score (nSPS) is 33.1. The van der Waals surface area contributed by atoms with Gasteiger partial charge in [0.2, 0.25) is 0 Å². The molecule has 1 heterocycles. The van der Waals surface area contributed by atoms with E-state index in [-0.39, 0.29) is 12.1 Å². The molecule has 0 amide bonds. The summed E-state index contributed by atoms with van der Waals surface area (Å²) >= 11 is 0. The molecule has 0 aromatic carbocycles. The predicted octanol–water partition coefficient (Wildman–Crippen LogP) is 2.57. The van der Waals surface area contributed by atoms with Crippen molar-refractivity contribution < 1.29 is 9.09 Å². The molecule has 1 fully saturated rings. The lowest BCUT2D eigenvalue weighted by Crippen LogP contribution is -2.37. The molecule has 0 bridgehead atoms. The van der Waals surface area contributed by atoms with E-state index >= 15 is 0 Å². The highest BCUT2D eigenvalue weighted by Crippen LogP contribution is 2.60. The molecular weight excluding hydrogens is 211 g/mol. The van der Waals surface area contributed by atoms with Crippen molar-refractivity contribution in [3.63, 3.8) is 0 Å². The minimum Gasteiger partial charge on any atom is -0.304 e. The first-order chi connectivity index (χ1) is 6.97. The maximum absolute atomic E-state index is 12.8. The van der Waals surface area contributed by atoms with E-state index in [0.29, 0.717) is 6.61 Å². The van der Waals surface area contributed by atoms with Crippen molar-refractivity contribution in [2.24, 2.45) is 0 Å². The van der Waals surface area contributed by atoms with Gasteiger partial charge in [0.1, 0.15) is 0 Å². The van der Waals surface area contributed by atoms with Crippen LogP contribution in [0.1, 0.15) is 34.6 Å². The Hall–Kier alpha value is 0.110. The summed E-state index contributed by atoms with van der Waals surface area (Å²) in [6, 6.07) is 0.505. The van der Waals surface area contributed by atoms with Crippen LogP contribution in [-0.4, -0.2) is 41.1 Å². The van der Waals surface area contributed by atoms with E-state index in [4.69, 9.17) is 4.52 Å². The summed E-state index contributed by atoms with van der Waals surface area (Å²) in [7, 11) is -2.74. The second kappa shape index (κ2) is 4.96. The van der Waals surface area contributed by atoms with Crippen molar-refractivity contribution in [2.75, 3.05) is 19.7 Å².